The molecule has 0 saturated heterocycles. The van der Waals surface area contributed by atoms with E-state index >= 15 is 0 Å². The Morgan fingerprint density at radius 1 is 1.34 bits per heavy atom. The highest BCUT2D eigenvalue weighted by Gasteiger charge is 2.23. The normalized spacial score (nSPS) is 10.9. The van der Waals surface area contributed by atoms with Crippen LogP contribution in [0, 0.1) is 13.8 Å². The number of carbonyl (C=O) groups excluding carboxylic acids is 2. The van der Waals surface area contributed by atoms with Crippen LogP contribution >= 0.6 is 23.1 Å². The van der Waals surface area contributed by atoms with E-state index in [2.05, 4.69) is 22.1 Å². The molecule has 3 aromatic rings. The fourth-order valence-electron chi connectivity index (χ4n) is 3.23. The molecule has 0 aliphatic rings. The van der Waals surface area contributed by atoms with Gasteiger partial charge in [-0.1, -0.05) is 24.8 Å². The highest BCUT2D eigenvalue weighted by molar-refractivity contribution is 7.99. The second kappa shape index (κ2) is 10.6. The summed E-state index contributed by atoms with van der Waals surface area (Å²) in [7, 11) is 0. The number of ether oxygens (including phenoxy) is 1. The molecule has 0 bridgehead atoms. The Balaban J connectivity index is 1.76. The van der Waals surface area contributed by atoms with Gasteiger partial charge in [-0.25, -0.2) is 4.79 Å². The second-order valence-corrected chi connectivity index (χ2v) is 8.91. The molecule has 10 heteroatoms. The monoisotopic (exact) mass is 474 g/mol. The van der Waals surface area contributed by atoms with Crippen molar-refractivity contribution in [2.75, 3.05) is 17.7 Å². The van der Waals surface area contributed by atoms with E-state index in [0.29, 0.717) is 28.1 Å². The molecule has 3 aromatic heterocycles. The van der Waals surface area contributed by atoms with Crippen molar-refractivity contribution in [3.8, 4) is 11.4 Å². The number of thiophene rings is 1. The van der Waals surface area contributed by atoms with Crippen molar-refractivity contribution in [2.24, 2.45) is 0 Å². The van der Waals surface area contributed by atoms with E-state index < -0.39 is 5.97 Å². The summed E-state index contributed by atoms with van der Waals surface area (Å²) in [5.74, 6) is 0.849. The van der Waals surface area contributed by atoms with Gasteiger partial charge in [0.2, 0.25) is 5.91 Å². The summed E-state index contributed by atoms with van der Waals surface area (Å²) in [5.41, 5.74) is 2.13. The molecule has 0 fully saturated rings. The minimum absolute atomic E-state index is 0.111. The lowest BCUT2D eigenvalue weighted by Crippen LogP contribution is -2.17. The summed E-state index contributed by atoms with van der Waals surface area (Å²) in [6, 6.07) is 1.83. The minimum Gasteiger partial charge on any atom is -0.469 e. The van der Waals surface area contributed by atoms with Crippen LogP contribution in [-0.4, -0.2) is 39.0 Å². The average Bonchev–Trinajstić information content (AvgIpc) is 3.44. The number of furan rings is 1. The van der Waals surface area contributed by atoms with Gasteiger partial charge in [-0.15, -0.1) is 28.1 Å². The molecule has 0 atom stereocenters. The van der Waals surface area contributed by atoms with Crippen LogP contribution in [0.5, 0.6) is 0 Å². The molecular weight excluding hydrogens is 448 g/mol. The Kier molecular flexibility index (Phi) is 7.92. The molecule has 0 aliphatic heterocycles. The number of hydrogen-bond acceptors (Lipinski definition) is 8. The molecule has 0 unspecified atom stereocenters. The molecule has 0 aromatic carbocycles. The van der Waals surface area contributed by atoms with Crippen LogP contribution in [0.1, 0.15) is 40.4 Å². The maximum absolute atomic E-state index is 12.7. The highest BCUT2D eigenvalue weighted by atomic mass is 32.2. The molecule has 0 spiro atoms. The number of nitrogens with one attached hydrogen (secondary N) is 1. The molecule has 1 amide bonds. The summed E-state index contributed by atoms with van der Waals surface area (Å²) in [6.07, 6.45) is 4.12. The van der Waals surface area contributed by atoms with Crippen LogP contribution in [0.2, 0.25) is 0 Å². The third-order valence-electron chi connectivity index (χ3n) is 4.76. The van der Waals surface area contributed by atoms with Gasteiger partial charge < -0.3 is 14.5 Å². The van der Waals surface area contributed by atoms with Crippen molar-refractivity contribution in [1.82, 2.24) is 14.8 Å². The number of esters is 1. The zero-order valence-corrected chi connectivity index (χ0v) is 20.2. The zero-order valence-electron chi connectivity index (χ0n) is 18.6. The van der Waals surface area contributed by atoms with Crippen molar-refractivity contribution in [2.45, 2.75) is 45.8 Å². The number of aryl methyl sites for hydroxylation is 2. The van der Waals surface area contributed by atoms with Gasteiger partial charge in [-0.3, -0.25) is 9.36 Å². The summed E-state index contributed by atoms with van der Waals surface area (Å²) in [6.45, 7) is 12.1. The van der Waals surface area contributed by atoms with Gasteiger partial charge in [0.25, 0.3) is 0 Å². The van der Waals surface area contributed by atoms with E-state index in [1.807, 2.05) is 31.4 Å². The average molecular weight is 475 g/mol. The molecule has 3 rings (SSSR count). The third-order valence-corrected chi connectivity index (χ3v) is 7.08. The second-order valence-electron chi connectivity index (χ2n) is 6.86. The number of anilines is 1. The molecule has 0 saturated carbocycles. The summed E-state index contributed by atoms with van der Waals surface area (Å²) < 4.78 is 12.4. The van der Waals surface area contributed by atoms with Gasteiger partial charge in [0.15, 0.2) is 11.0 Å². The van der Waals surface area contributed by atoms with Crippen LogP contribution < -0.4 is 5.32 Å². The molecule has 32 heavy (non-hydrogen) atoms. The zero-order chi connectivity index (χ0) is 23.3. The number of aromatic nitrogens is 3. The molecular formula is C22H26N4O4S2. The Morgan fingerprint density at radius 2 is 2.12 bits per heavy atom. The van der Waals surface area contributed by atoms with Crippen LogP contribution in [0.3, 0.4) is 0 Å². The van der Waals surface area contributed by atoms with Crippen molar-refractivity contribution in [3.05, 3.63) is 46.7 Å². The van der Waals surface area contributed by atoms with Crippen molar-refractivity contribution in [3.63, 3.8) is 0 Å². The van der Waals surface area contributed by atoms with Gasteiger partial charge >= 0.3 is 5.97 Å². The van der Waals surface area contributed by atoms with Gasteiger partial charge in [-0.05, 0) is 38.8 Å². The highest BCUT2D eigenvalue weighted by Crippen LogP contribution is 2.34. The molecule has 170 valence electrons. The summed E-state index contributed by atoms with van der Waals surface area (Å²) >= 11 is 2.67. The fourth-order valence-corrected chi connectivity index (χ4v) is 5.13. The molecule has 0 radical (unpaired) electrons. The number of amides is 1. The first kappa shape index (κ1) is 23.8. The van der Waals surface area contributed by atoms with Crippen LogP contribution in [0.15, 0.2) is 34.6 Å². The lowest BCUT2D eigenvalue weighted by Gasteiger charge is -2.08. The maximum Gasteiger partial charge on any atom is 0.341 e. The van der Waals surface area contributed by atoms with Crippen molar-refractivity contribution < 1.29 is 18.7 Å². The predicted octanol–water partition coefficient (Wildman–Crippen LogP) is 4.87. The quantitative estimate of drug-likeness (QED) is 0.254. The maximum atomic E-state index is 12.7. The number of carbonyl (C=O) groups is 2. The molecule has 8 nitrogen and oxygen atoms in total. The standard InChI is InChI=1S/C22H26N4O4S2/c1-6-10-26-19(15-9-11-30-14(15)5)24-25-22(26)31-12-17(27)23-20-18(21(28)29-8-3)13(4)16(7-2)32-20/h6,9,11H,1,7-8,10,12H2,2-5H3,(H,23,27). The number of nitrogens with zero attached hydrogens (tertiary/aromatic N) is 3. The Labute approximate surface area is 195 Å². The van der Waals surface area contributed by atoms with Crippen LogP contribution in [0.25, 0.3) is 11.4 Å². The molecule has 0 aliphatic carbocycles. The van der Waals surface area contributed by atoms with Crippen LogP contribution in [-0.2, 0) is 22.5 Å². The van der Waals surface area contributed by atoms with Gasteiger partial charge in [0.05, 0.1) is 29.7 Å². The topological polar surface area (TPSA) is 99.2 Å². The van der Waals surface area contributed by atoms with Gasteiger partial charge in [-0.2, -0.15) is 0 Å². The predicted molar refractivity (Wildman–Crippen MR) is 126 cm³/mol. The largest absolute Gasteiger partial charge is 0.469 e. The number of rotatable bonds is 10. The van der Waals surface area contributed by atoms with Crippen LogP contribution in [0.4, 0.5) is 5.00 Å². The SMILES string of the molecule is C=CCn1c(SCC(=O)Nc2sc(CC)c(C)c2C(=O)OCC)nnc1-c1ccoc1C. The van der Waals surface area contributed by atoms with Gasteiger partial charge in [0.1, 0.15) is 10.8 Å². The number of hydrogen-bond donors (Lipinski definition) is 1. The Bertz CT molecular complexity index is 1130. The first-order valence-electron chi connectivity index (χ1n) is 10.2. The minimum atomic E-state index is -0.422. The number of allylic oxidation sites excluding steroid dienone is 1. The first-order valence-corrected chi connectivity index (χ1v) is 12.0. The smallest absolute Gasteiger partial charge is 0.341 e. The van der Waals surface area contributed by atoms with Crippen molar-refractivity contribution >= 4 is 40.0 Å². The Morgan fingerprint density at radius 3 is 2.75 bits per heavy atom. The molecule has 3 heterocycles. The van der Waals surface area contributed by atoms with E-state index in [-0.39, 0.29) is 18.3 Å². The van der Waals surface area contributed by atoms with E-state index in [1.54, 1.807) is 19.3 Å². The van der Waals surface area contributed by atoms with E-state index in [1.165, 1.54) is 23.1 Å². The third kappa shape index (κ3) is 4.97. The van der Waals surface area contributed by atoms with Gasteiger partial charge in [0, 0.05) is 11.4 Å². The summed E-state index contributed by atoms with van der Waals surface area (Å²) in [5, 5.41) is 12.5. The van der Waals surface area contributed by atoms with E-state index in [0.717, 1.165) is 28.2 Å². The summed E-state index contributed by atoms with van der Waals surface area (Å²) in [4.78, 5) is 26.2. The van der Waals surface area contributed by atoms with E-state index in [9.17, 15) is 9.59 Å². The molecule has 1 N–H and O–H groups in total. The lowest BCUT2D eigenvalue weighted by atomic mass is 10.1. The number of thioether (sulfide) groups is 1. The lowest BCUT2D eigenvalue weighted by molar-refractivity contribution is -0.113. The van der Waals surface area contributed by atoms with E-state index in [4.69, 9.17) is 9.15 Å². The fraction of sp³-hybridized carbons (Fsp3) is 0.364. The Hall–Kier alpha value is -2.85. The first-order chi connectivity index (χ1) is 15.4. The van der Waals surface area contributed by atoms with Crippen molar-refractivity contribution in [1.29, 1.82) is 0 Å².